The molecule has 1 N–H and O–H groups in total. The van der Waals surface area contributed by atoms with Crippen molar-refractivity contribution in [2.75, 3.05) is 16.8 Å². The molecule has 0 aliphatic carbocycles. The van der Waals surface area contributed by atoms with Crippen LogP contribution in [-0.2, 0) is 16.0 Å². The molecule has 1 saturated heterocycles. The molecule has 0 saturated carbocycles. The molecule has 3 aromatic rings. The summed E-state index contributed by atoms with van der Waals surface area (Å²) < 4.78 is 1.03. The number of unbranched alkanes of at least 4 members (excludes halogenated alkanes) is 1. The number of thiazole rings is 1. The molecule has 1 aromatic heterocycles. The maximum Gasteiger partial charge on any atom is 0.231 e. The summed E-state index contributed by atoms with van der Waals surface area (Å²) in [5, 5.41) is 3.47. The van der Waals surface area contributed by atoms with Crippen molar-refractivity contribution in [3.05, 3.63) is 54.1 Å². The van der Waals surface area contributed by atoms with Gasteiger partial charge in [0.05, 0.1) is 16.1 Å². The van der Waals surface area contributed by atoms with Gasteiger partial charge in [-0.15, -0.1) is 0 Å². The van der Waals surface area contributed by atoms with E-state index in [2.05, 4.69) is 29.4 Å². The van der Waals surface area contributed by atoms with E-state index in [0.717, 1.165) is 35.2 Å². The summed E-state index contributed by atoms with van der Waals surface area (Å²) >= 11 is 1.45. The van der Waals surface area contributed by atoms with E-state index in [1.165, 1.54) is 16.9 Å². The van der Waals surface area contributed by atoms with Crippen molar-refractivity contribution in [2.45, 2.75) is 32.6 Å². The summed E-state index contributed by atoms with van der Waals surface area (Å²) in [6.07, 6.45) is 3.61. The number of fused-ring (bicyclic) bond motifs is 1. The Kier molecular flexibility index (Phi) is 5.39. The molecule has 0 spiro atoms. The van der Waals surface area contributed by atoms with E-state index in [1.807, 2.05) is 36.4 Å². The molecular weight excluding hydrogens is 370 g/mol. The zero-order valence-corrected chi connectivity index (χ0v) is 16.7. The van der Waals surface area contributed by atoms with Gasteiger partial charge < -0.3 is 10.2 Å². The number of hydrogen-bond donors (Lipinski definition) is 1. The van der Waals surface area contributed by atoms with Crippen LogP contribution < -0.4 is 10.2 Å². The lowest BCUT2D eigenvalue weighted by Gasteiger charge is -2.17. The first-order valence-electron chi connectivity index (χ1n) is 9.70. The van der Waals surface area contributed by atoms with E-state index in [9.17, 15) is 9.59 Å². The lowest BCUT2D eigenvalue weighted by Crippen LogP contribution is -2.28. The number of aryl methyl sites for hydroxylation is 1. The monoisotopic (exact) mass is 393 g/mol. The Hall–Kier alpha value is -2.73. The maximum atomic E-state index is 12.7. The fourth-order valence-electron chi connectivity index (χ4n) is 3.49. The summed E-state index contributed by atoms with van der Waals surface area (Å²) in [6, 6.07) is 15.9. The first-order chi connectivity index (χ1) is 13.6. The number of nitrogens with zero attached hydrogens (tertiary/aromatic N) is 2. The van der Waals surface area contributed by atoms with Gasteiger partial charge in [-0.3, -0.25) is 9.59 Å². The molecule has 4 rings (SSSR count). The number of carbonyl (C=O) groups is 2. The van der Waals surface area contributed by atoms with Crippen LogP contribution in [0.15, 0.2) is 48.5 Å². The van der Waals surface area contributed by atoms with Gasteiger partial charge in [-0.05, 0) is 42.7 Å². The van der Waals surface area contributed by atoms with Crippen molar-refractivity contribution in [3.63, 3.8) is 0 Å². The highest BCUT2D eigenvalue weighted by molar-refractivity contribution is 7.22. The normalized spacial score (nSPS) is 16.7. The third kappa shape index (κ3) is 3.92. The number of para-hydroxylation sites is 1. The molecule has 0 radical (unpaired) electrons. The van der Waals surface area contributed by atoms with Gasteiger partial charge in [-0.1, -0.05) is 48.9 Å². The highest BCUT2D eigenvalue weighted by Crippen LogP contribution is 2.29. The molecule has 6 heteroatoms. The molecule has 5 nitrogen and oxygen atoms in total. The Morgan fingerprint density at radius 1 is 1.21 bits per heavy atom. The third-order valence-corrected chi connectivity index (χ3v) is 6.04. The van der Waals surface area contributed by atoms with Crippen LogP contribution in [0.1, 0.15) is 31.7 Å². The number of benzene rings is 2. The summed E-state index contributed by atoms with van der Waals surface area (Å²) in [5.41, 5.74) is 3.01. The van der Waals surface area contributed by atoms with Gasteiger partial charge in [-0.25, -0.2) is 4.98 Å². The van der Waals surface area contributed by atoms with Crippen LogP contribution in [0.4, 0.5) is 10.8 Å². The molecule has 2 heterocycles. The fourth-order valence-corrected chi connectivity index (χ4v) is 4.36. The number of carbonyl (C=O) groups excluding carboxylic acids is 2. The van der Waals surface area contributed by atoms with Crippen LogP contribution in [0.3, 0.4) is 0 Å². The first kappa shape index (κ1) is 18.6. The minimum atomic E-state index is -0.362. The van der Waals surface area contributed by atoms with E-state index in [-0.39, 0.29) is 24.2 Å². The predicted octanol–water partition coefficient (Wildman–Crippen LogP) is 4.63. The van der Waals surface area contributed by atoms with Gasteiger partial charge >= 0.3 is 0 Å². The molecule has 2 aromatic carbocycles. The number of amides is 2. The molecule has 1 fully saturated rings. The number of rotatable bonds is 6. The van der Waals surface area contributed by atoms with Crippen LogP contribution in [0, 0.1) is 5.92 Å². The van der Waals surface area contributed by atoms with E-state index < -0.39 is 0 Å². The van der Waals surface area contributed by atoms with E-state index in [0.29, 0.717) is 11.7 Å². The summed E-state index contributed by atoms with van der Waals surface area (Å²) in [6.45, 7) is 2.58. The van der Waals surface area contributed by atoms with Gasteiger partial charge in [0.25, 0.3) is 0 Å². The zero-order chi connectivity index (χ0) is 19.5. The van der Waals surface area contributed by atoms with Crippen LogP contribution in [0.25, 0.3) is 10.2 Å². The number of nitrogens with one attached hydrogen (secondary N) is 1. The van der Waals surface area contributed by atoms with Crippen LogP contribution in [0.5, 0.6) is 0 Å². The quantitative estimate of drug-likeness (QED) is 0.664. The van der Waals surface area contributed by atoms with Crippen molar-refractivity contribution in [1.29, 1.82) is 0 Å². The van der Waals surface area contributed by atoms with Crippen LogP contribution in [-0.4, -0.2) is 23.3 Å². The second kappa shape index (κ2) is 8.10. The smallest absolute Gasteiger partial charge is 0.231 e. The third-order valence-electron chi connectivity index (χ3n) is 5.09. The van der Waals surface area contributed by atoms with Gasteiger partial charge in [0.2, 0.25) is 11.8 Å². The molecular formula is C22H23N3O2S. The molecule has 0 bridgehead atoms. The van der Waals surface area contributed by atoms with Gasteiger partial charge in [0.1, 0.15) is 0 Å². The summed E-state index contributed by atoms with van der Waals surface area (Å²) in [7, 11) is 0. The maximum absolute atomic E-state index is 12.7. The van der Waals surface area contributed by atoms with Crippen molar-refractivity contribution in [1.82, 2.24) is 4.98 Å². The predicted molar refractivity (Wildman–Crippen MR) is 114 cm³/mol. The largest absolute Gasteiger partial charge is 0.312 e. The van der Waals surface area contributed by atoms with Crippen molar-refractivity contribution >= 4 is 44.2 Å². The SMILES string of the molecule is CCCCc1ccc(N2C[C@@H](C(=O)Nc3nc4ccccc4s3)CC2=O)cc1. The van der Waals surface area contributed by atoms with Crippen LogP contribution >= 0.6 is 11.3 Å². The minimum absolute atomic E-state index is 0.00856. The Morgan fingerprint density at radius 3 is 2.75 bits per heavy atom. The topological polar surface area (TPSA) is 62.3 Å². The number of hydrogen-bond acceptors (Lipinski definition) is 4. The lowest BCUT2D eigenvalue weighted by atomic mass is 10.1. The molecule has 1 aliphatic rings. The van der Waals surface area contributed by atoms with Crippen molar-refractivity contribution in [2.24, 2.45) is 5.92 Å². The Labute approximate surface area is 168 Å². The first-order valence-corrected chi connectivity index (χ1v) is 10.5. The molecule has 144 valence electrons. The molecule has 0 unspecified atom stereocenters. The average Bonchev–Trinajstić information content (AvgIpc) is 3.29. The van der Waals surface area contributed by atoms with Crippen molar-refractivity contribution < 1.29 is 9.59 Å². The van der Waals surface area contributed by atoms with E-state index >= 15 is 0 Å². The summed E-state index contributed by atoms with van der Waals surface area (Å²) in [5.74, 6) is -0.514. The second-order valence-corrected chi connectivity index (χ2v) is 8.18. The average molecular weight is 394 g/mol. The number of anilines is 2. The lowest BCUT2D eigenvalue weighted by molar-refractivity contribution is -0.122. The summed E-state index contributed by atoms with van der Waals surface area (Å²) in [4.78, 5) is 31.3. The van der Waals surface area contributed by atoms with Gasteiger partial charge in [0.15, 0.2) is 5.13 Å². The molecule has 1 atom stereocenters. The fraction of sp³-hybridized carbons (Fsp3) is 0.318. The Morgan fingerprint density at radius 2 is 2.00 bits per heavy atom. The minimum Gasteiger partial charge on any atom is -0.312 e. The van der Waals surface area contributed by atoms with Gasteiger partial charge in [0, 0.05) is 18.7 Å². The molecule has 1 aliphatic heterocycles. The van der Waals surface area contributed by atoms with Gasteiger partial charge in [-0.2, -0.15) is 0 Å². The van der Waals surface area contributed by atoms with Crippen molar-refractivity contribution in [3.8, 4) is 0 Å². The standard InChI is InChI=1S/C22H23N3O2S/c1-2-3-6-15-9-11-17(12-10-15)25-14-16(13-20(25)26)21(27)24-22-23-18-7-4-5-8-19(18)28-22/h4-5,7-12,16H,2-3,6,13-14H2,1H3,(H,23,24,27)/t16-/m0/s1. The zero-order valence-electron chi connectivity index (χ0n) is 15.9. The Bertz CT molecular complexity index is 963. The molecule has 28 heavy (non-hydrogen) atoms. The highest BCUT2D eigenvalue weighted by Gasteiger charge is 2.35. The highest BCUT2D eigenvalue weighted by atomic mass is 32.1. The van der Waals surface area contributed by atoms with E-state index in [4.69, 9.17) is 0 Å². The second-order valence-electron chi connectivity index (χ2n) is 7.15. The molecule has 2 amide bonds. The van der Waals surface area contributed by atoms with Crippen LogP contribution in [0.2, 0.25) is 0 Å². The Balaban J connectivity index is 1.41. The number of aromatic nitrogens is 1. The van der Waals surface area contributed by atoms with E-state index in [1.54, 1.807) is 4.90 Å².